The van der Waals surface area contributed by atoms with Crippen molar-refractivity contribution in [3.63, 3.8) is 0 Å². The number of halogens is 2. The number of carbonyl (C=O) groups excluding carboxylic acids is 2. The second kappa shape index (κ2) is 6.84. The average Bonchev–Trinajstić information content (AvgIpc) is 3.04. The first-order valence-corrected chi connectivity index (χ1v) is 9.40. The number of ketones is 1. The van der Waals surface area contributed by atoms with E-state index in [0.717, 1.165) is 19.8 Å². The molecule has 0 amide bonds. The van der Waals surface area contributed by atoms with Gasteiger partial charge >= 0.3 is 5.97 Å². The van der Waals surface area contributed by atoms with Gasteiger partial charge in [0.1, 0.15) is 4.88 Å². The molecule has 0 unspecified atom stereocenters. The van der Waals surface area contributed by atoms with Crippen molar-refractivity contribution in [1.29, 1.82) is 0 Å². The molecule has 7 heteroatoms. The van der Waals surface area contributed by atoms with Gasteiger partial charge in [0.15, 0.2) is 6.61 Å². The number of hydrogen-bond donors (Lipinski definition) is 0. The van der Waals surface area contributed by atoms with Crippen LogP contribution in [-0.4, -0.2) is 18.4 Å². The van der Waals surface area contributed by atoms with Crippen LogP contribution in [0.25, 0.3) is 10.1 Å². The summed E-state index contributed by atoms with van der Waals surface area (Å²) >= 11 is 14.9. The van der Waals surface area contributed by atoms with Crippen LogP contribution in [0, 0.1) is 13.8 Å². The minimum Gasteiger partial charge on any atom is -0.453 e. The fourth-order valence-electron chi connectivity index (χ4n) is 2.35. The van der Waals surface area contributed by atoms with Gasteiger partial charge in [0.05, 0.1) is 5.02 Å². The largest absolute Gasteiger partial charge is 0.453 e. The smallest absolute Gasteiger partial charge is 0.350 e. The fraction of sp³-hybridized carbons (Fsp3) is 0.176. The Morgan fingerprint density at radius 2 is 1.88 bits per heavy atom. The summed E-state index contributed by atoms with van der Waals surface area (Å²) in [6.07, 6.45) is 0. The van der Waals surface area contributed by atoms with Crippen LogP contribution in [0.2, 0.25) is 10.0 Å². The van der Waals surface area contributed by atoms with Crippen molar-refractivity contribution in [2.45, 2.75) is 13.8 Å². The van der Waals surface area contributed by atoms with E-state index in [1.54, 1.807) is 29.5 Å². The van der Waals surface area contributed by atoms with Gasteiger partial charge < -0.3 is 4.74 Å². The van der Waals surface area contributed by atoms with Gasteiger partial charge in [-0.2, -0.15) is 0 Å². The highest BCUT2D eigenvalue weighted by Gasteiger charge is 2.21. The van der Waals surface area contributed by atoms with E-state index in [-0.39, 0.29) is 17.3 Å². The van der Waals surface area contributed by atoms with Crippen LogP contribution in [-0.2, 0) is 4.74 Å². The quantitative estimate of drug-likeness (QED) is 0.404. The van der Waals surface area contributed by atoms with E-state index in [4.69, 9.17) is 27.9 Å². The summed E-state index contributed by atoms with van der Waals surface area (Å²) in [6.45, 7) is 3.50. The predicted molar refractivity (Wildman–Crippen MR) is 100 cm³/mol. The van der Waals surface area contributed by atoms with Crippen molar-refractivity contribution in [1.82, 2.24) is 0 Å². The highest BCUT2D eigenvalue weighted by molar-refractivity contribution is 7.21. The van der Waals surface area contributed by atoms with E-state index in [1.165, 1.54) is 11.3 Å². The van der Waals surface area contributed by atoms with Crippen LogP contribution in [0.15, 0.2) is 24.3 Å². The Hall–Kier alpha value is -1.40. The van der Waals surface area contributed by atoms with Crippen LogP contribution in [0.5, 0.6) is 0 Å². The van der Waals surface area contributed by atoms with Gasteiger partial charge in [0, 0.05) is 30.4 Å². The Balaban J connectivity index is 1.77. The maximum Gasteiger partial charge on any atom is 0.350 e. The summed E-state index contributed by atoms with van der Waals surface area (Å²) in [5, 5.41) is 1.64. The van der Waals surface area contributed by atoms with Crippen molar-refractivity contribution in [2.75, 3.05) is 6.61 Å². The molecule has 3 nitrogen and oxygen atoms in total. The molecule has 24 heavy (non-hydrogen) atoms. The van der Waals surface area contributed by atoms with E-state index in [9.17, 15) is 9.59 Å². The topological polar surface area (TPSA) is 43.4 Å². The van der Waals surface area contributed by atoms with Crippen LogP contribution in [0.3, 0.4) is 0 Å². The SMILES string of the molecule is Cc1cc(C(=O)COC(=O)c2sc3cc(Cl)ccc3c2Cl)c(C)s1. The molecule has 2 heterocycles. The Kier molecular flexibility index (Phi) is 4.97. The van der Waals surface area contributed by atoms with Gasteiger partial charge in [-0.05, 0) is 32.0 Å². The van der Waals surface area contributed by atoms with Crippen molar-refractivity contribution < 1.29 is 14.3 Å². The van der Waals surface area contributed by atoms with Crippen LogP contribution >= 0.6 is 45.9 Å². The van der Waals surface area contributed by atoms with Crippen LogP contribution in [0.4, 0.5) is 0 Å². The lowest BCUT2D eigenvalue weighted by Gasteiger charge is -2.03. The molecule has 0 aliphatic heterocycles. The summed E-state index contributed by atoms with van der Waals surface area (Å²) in [6, 6.07) is 7.02. The molecule has 3 rings (SSSR count). The zero-order valence-electron chi connectivity index (χ0n) is 12.8. The van der Waals surface area contributed by atoms with E-state index in [0.29, 0.717) is 15.6 Å². The molecule has 0 N–H and O–H groups in total. The second-order valence-corrected chi connectivity index (χ2v) is 8.54. The first kappa shape index (κ1) is 17.4. The third-order valence-electron chi connectivity index (χ3n) is 3.45. The first-order chi connectivity index (χ1) is 11.4. The Morgan fingerprint density at radius 1 is 1.12 bits per heavy atom. The molecule has 2 aromatic heterocycles. The molecule has 0 aliphatic rings. The molecule has 0 aliphatic carbocycles. The number of ether oxygens (including phenoxy) is 1. The van der Waals surface area contributed by atoms with Gasteiger partial charge in [-0.15, -0.1) is 22.7 Å². The highest BCUT2D eigenvalue weighted by Crippen LogP contribution is 2.37. The lowest BCUT2D eigenvalue weighted by atomic mass is 10.2. The molecule has 3 aromatic rings. The number of fused-ring (bicyclic) bond motifs is 1. The summed E-state index contributed by atoms with van der Waals surface area (Å²) in [7, 11) is 0. The van der Waals surface area contributed by atoms with Gasteiger partial charge in [0.2, 0.25) is 5.78 Å². The Bertz CT molecular complexity index is 956. The standard InChI is InChI=1S/C17H12Cl2O3S2/c1-8-5-12(9(2)23-8)13(20)7-22-17(21)16-15(19)11-4-3-10(18)6-14(11)24-16/h3-6H,7H2,1-2H3. The number of aryl methyl sites for hydroxylation is 2. The van der Waals surface area contributed by atoms with Crippen molar-refractivity contribution in [3.8, 4) is 0 Å². The number of esters is 1. The van der Waals surface area contributed by atoms with Gasteiger partial charge in [-0.3, -0.25) is 4.79 Å². The molecule has 0 bridgehead atoms. The number of Topliss-reactive ketones (excluding diaryl/α,β-unsaturated/α-hetero) is 1. The molecular weight excluding hydrogens is 387 g/mol. The number of rotatable bonds is 4. The molecule has 0 radical (unpaired) electrons. The molecular formula is C17H12Cl2O3S2. The number of carbonyl (C=O) groups is 2. The third kappa shape index (κ3) is 3.35. The average molecular weight is 399 g/mol. The third-order valence-corrected chi connectivity index (χ3v) is 6.29. The molecule has 124 valence electrons. The summed E-state index contributed by atoms with van der Waals surface area (Å²) in [4.78, 5) is 26.7. The minimum absolute atomic E-state index is 0.217. The molecule has 0 fully saturated rings. The second-order valence-electron chi connectivity index (χ2n) is 5.21. The van der Waals surface area contributed by atoms with Gasteiger partial charge in [0.25, 0.3) is 0 Å². The molecule has 0 saturated heterocycles. The monoisotopic (exact) mass is 398 g/mol. The van der Waals surface area contributed by atoms with Crippen LogP contribution < -0.4 is 0 Å². The van der Waals surface area contributed by atoms with Crippen molar-refractivity contribution in [3.05, 3.63) is 54.5 Å². The van der Waals surface area contributed by atoms with Crippen molar-refractivity contribution >= 4 is 67.7 Å². The summed E-state index contributed by atoms with van der Waals surface area (Å²) in [5.74, 6) is -0.819. The van der Waals surface area contributed by atoms with Gasteiger partial charge in [-0.25, -0.2) is 4.79 Å². The zero-order valence-corrected chi connectivity index (χ0v) is 16.0. The minimum atomic E-state index is -0.602. The lowest BCUT2D eigenvalue weighted by molar-refractivity contribution is 0.0480. The van der Waals surface area contributed by atoms with Crippen molar-refractivity contribution in [2.24, 2.45) is 0 Å². The highest BCUT2D eigenvalue weighted by atomic mass is 35.5. The predicted octanol–water partition coefficient (Wildman–Crippen LogP) is 5.93. The maximum absolute atomic E-state index is 12.3. The molecule has 0 spiro atoms. The molecule has 0 atom stereocenters. The lowest BCUT2D eigenvalue weighted by Crippen LogP contribution is -2.13. The van der Waals surface area contributed by atoms with E-state index < -0.39 is 5.97 Å². The maximum atomic E-state index is 12.3. The normalized spacial score (nSPS) is 11.0. The molecule has 0 saturated carbocycles. The van der Waals surface area contributed by atoms with E-state index in [2.05, 4.69) is 0 Å². The Morgan fingerprint density at radius 3 is 2.54 bits per heavy atom. The first-order valence-electron chi connectivity index (χ1n) is 7.01. The number of thiophene rings is 2. The summed E-state index contributed by atoms with van der Waals surface area (Å²) < 4.78 is 5.96. The molecule has 1 aromatic carbocycles. The van der Waals surface area contributed by atoms with E-state index >= 15 is 0 Å². The van der Waals surface area contributed by atoms with Gasteiger partial charge in [-0.1, -0.05) is 29.3 Å². The fourth-order valence-corrected chi connectivity index (χ4v) is 4.97. The van der Waals surface area contributed by atoms with Crippen LogP contribution in [0.1, 0.15) is 29.8 Å². The zero-order chi connectivity index (χ0) is 17.4. The number of benzene rings is 1. The Labute approximate surface area is 156 Å². The number of hydrogen-bond acceptors (Lipinski definition) is 5. The van der Waals surface area contributed by atoms with E-state index in [1.807, 2.05) is 19.9 Å². The summed E-state index contributed by atoms with van der Waals surface area (Å²) in [5.41, 5.74) is 0.597.